The molecule has 9 nitrogen and oxygen atoms in total. The lowest BCUT2D eigenvalue weighted by atomic mass is 10.1. The molecule has 206 valence electrons. The van der Waals surface area contributed by atoms with Crippen LogP contribution in [0.25, 0.3) is 11.3 Å². The molecule has 0 unspecified atom stereocenters. The van der Waals surface area contributed by atoms with Gasteiger partial charge in [0.1, 0.15) is 6.33 Å². The first-order chi connectivity index (χ1) is 19.3. The average molecular weight is 578 g/mol. The zero-order valence-electron chi connectivity index (χ0n) is 22.5. The Labute approximate surface area is 243 Å². The van der Waals surface area contributed by atoms with Gasteiger partial charge in [0.25, 0.3) is 5.91 Å². The summed E-state index contributed by atoms with van der Waals surface area (Å²) in [5, 5.41) is 7.15. The molecule has 1 aliphatic rings. The highest BCUT2D eigenvalue weighted by Crippen LogP contribution is 2.30. The lowest BCUT2D eigenvalue weighted by molar-refractivity contribution is 0.102. The van der Waals surface area contributed by atoms with E-state index in [4.69, 9.17) is 23.2 Å². The predicted molar refractivity (Wildman–Crippen MR) is 159 cm³/mol. The molecule has 1 fully saturated rings. The molecule has 0 aliphatic carbocycles. The van der Waals surface area contributed by atoms with Gasteiger partial charge in [-0.25, -0.2) is 19.9 Å². The molecule has 0 bridgehead atoms. The zero-order chi connectivity index (χ0) is 28.2. The minimum atomic E-state index is -0.304. The highest BCUT2D eigenvalue weighted by Gasteiger charge is 2.25. The van der Waals surface area contributed by atoms with E-state index in [-0.39, 0.29) is 5.91 Å². The van der Waals surface area contributed by atoms with Crippen LogP contribution in [0.2, 0.25) is 10.0 Å². The van der Waals surface area contributed by atoms with Crippen LogP contribution in [0.3, 0.4) is 0 Å². The second kappa shape index (κ2) is 12.3. The lowest BCUT2D eigenvalue weighted by Crippen LogP contribution is -2.31. The van der Waals surface area contributed by atoms with E-state index in [0.29, 0.717) is 45.5 Å². The molecule has 5 rings (SSSR count). The van der Waals surface area contributed by atoms with Crippen LogP contribution < -0.4 is 10.6 Å². The number of nitrogens with one attached hydrogen (secondary N) is 2. The quantitative estimate of drug-likeness (QED) is 0.276. The number of aryl methyl sites for hydroxylation is 1. The van der Waals surface area contributed by atoms with Crippen molar-refractivity contribution in [3.63, 3.8) is 0 Å². The first-order valence-corrected chi connectivity index (χ1v) is 13.7. The van der Waals surface area contributed by atoms with Gasteiger partial charge in [-0.2, -0.15) is 0 Å². The second-order valence-corrected chi connectivity index (χ2v) is 10.9. The Morgan fingerprint density at radius 1 is 1.10 bits per heavy atom. The van der Waals surface area contributed by atoms with Gasteiger partial charge in [0.05, 0.1) is 5.69 Å². The van der Waals surface area contributed by atoms with Crippen molar-refractivity contribution >= 4 is 46.4 Å². The van der Waals surface area contributed by atoms with E-state index in [1.165, 1.54) is 6.33 Å². The Balaban J connectivity index is 1.28. The van der Waals surface area contributed by atoms with Crippen molar-refractivity contribution in [1.29, 1.82) is 0 Å². The number of benzene rings is 2. The molecule has 2 N–H and O–H groups in total. The monoisotopic (exact) mass is 576 g/mol. The van der Waals surface area contributed by atoms with E-state index >= 15 is 0 Å². The Morgan fingerprint density at radius 2 is 1.85 bits per heavy atom. The number of hydrogen-bond donors (Lipinski definition) is 2. The number of aromatic nitrogens is 4. The molecule has 1 atom stereocenters. The topological polar surface area (TPSA) is 99.2 Å². The number of carbonyl (C=O) groups is 1. The maximum atomic E-state index is 13.1. The van der Waals surface area contributed by atoms with Crippen LogP contribution in [-0.2, 0) is 6.54 Å². The number of likely N-dealkylation sites (N-methyl/N-ethyl adjacent to an activating group) is 1. The van der Waals surface area contributed by atoms with E-state index in [0.717, 1.165) is 41.9 Å². The Hall–Kier alpha value is -3.63. The molecule has 1 amide bonds. The van der Waals surface area contributed by atoms with Gasteiger partial charge in [0.2, 0.25) is 5.95 Å². The largest absolute Gasteiger partial charge is 0.324 e. The minimum Gasteiger partial charge on any atom is -0.324 e. The number of likely N-dealkylation sites (tertiary alicyclic amines) is 1. The maximum absolute atomic E-state index is 13.1. The molecule has 4 aromatic rings. The minimum absolute atomic E-state index is 0.304. The van der Waals surface area contributed by atoms with Gasteiger partial charge >= 0.3 is 0 Å². The van der Waals surface area contributed by atoms with Crippen molar-refractivity contribution < 1.29 is 4.79 Å². The van der Waals surface area contributed by atoms with Crippen molar-refractivity contribution in [1.82, 2.24) is 29.7 Å². The highest BCUT2D eigenvalue weighted by molar-refractivity contribution is 6.36. The molecule has 0 radical (unpaired) electrons. The van der Waals surface area contributed by atoms with Gasteiger partial charge in [-0.15, -0.1) is 0 Å². The molecule has 1 saturated heterocycles. The molecule has 3 heterocycles. The van der Waals surface area contributed by atoms with Crippen molar-refractivity contribution in [2.24, 2.45) is 0 Å². The zero-order valence-corrected chi connectivity index (χ0v) is 24.0. The van der Waals surface area contributed by atoms with Gasteiger partial charge in [0, 0.05) is 82.4 Å². The van der Waals surface area contributed by atoms with Crippen LogP contribution in [0.4, 0.5) is 17.3 Å². The van der Waals surface area contributed by atoms with Gasteiger partial charge in [0.15, 0.2) is 0 Å². The third-order valence-corrected chi connectivity index (χ3v) is 7.69. The fourth-order valence-electron chi connectivity index (χ4n) is 4.66. The Morgan fingerprint density at radius 3 is 2.55 bits per heavy atom. The third-order valence-electron chi connectivity index (χ3n) is 7.02. The SMILES string of the molecule is Cc1ccc(NC(=O)c2cc(Cl)c(CN3CC[C@H](N(C)C)C3)c(Cl)c2)cc1Nc1nccc(-c2cncnc2)n1. The van der Waals surface area contributed by atoms with Crippen LogP contribution >= 0.6 is 23.2 Å². The number of anilines is 3. The number of hydrogen-bond acceptors (Lipinski definition) is 8. The summed E-state index contributed by atoms with van der Waals surface area (Å²) in [6, 6.07) is 11.2. The van der Waals surface area contributed by atoms with Crippen LogP contribution in [0, 0.1) is 6.92 Å². The summed E-state index contributed by atoms with van der Waals surface area (Å²) in [5.41, 5.74) is 5.03. The van der Waals surface area contributed by atoms with Crippen molar-refractivity contribution in [2.45, 2.75) is 25.9 Å². The fraction of sp³-hybridized carbons (Fsp3) is 0.276. The first kappa shape index (κ1) is 27.9. The predicted octanol–water partition coefficient (Wildman–Crippen LogP) is 5.68. The van der Waals surface area contributed by atoms with Crippen LogP contribution in [0.15, 0.2) is 61.3 Å². The molecule has 40 heavy (non-hydrogen) atoms. The number of carbonyl (C=O) groups excluding carboxylic acids is 1. The first-order valence-electron chi connectivity index (χ1n) is 12.9. The van der Waals surface area contributed by atoms with Gasteiger partial charge < -0.3 is 15.5 Å². The van der Waals surface area contributed by atoms with Gasteiger partial charge in [-0.3, -0.25) is 9.69 Å². The summed E-state index contributed by atoms with van der Waals surface area (Å²) >= 11 is 13.2. The highest BCUT2D eigenvalue weighted by atomic mass is 35.5. The molecular formula is C29H30Cl2N8O. The van der Waals surface area contributed by atoms with E-state index in [9.17, 15) is 4.79 Å². The third kappa shape index (κ3) is 6.56. The molecule has 2 aromatic heterocycles. The molecule has 11 heteroatoms. The van der Waals surface area contributed by atoms with Crippen LogP contribution in [-0.4, -0.2) is 68.9 Å². The molecular weight excluding hydrogens is 547 g/mol. The molecule has 0 spiro atoms. The normalized spacial score (nSPS) is 15.4. The summed E-state index contributed by atoms with van der Waals surface area (Å²) in [5.74, 6) is 0.110. The van der Waals surface area contributed by atoms with Crippen LogP contribution in [0.1, 0.15) is 27.9 Å². The number of amides is 1. The van der Waals surface area contributed by atoms with E-state index < -0.39 is 0 Å². The second-order valence-electron chi connectivity index (χ2n) is 10.1. The van der Waals surface area contributed by atoms with E-state index in [1.807, 2.05) is 25.1 Å². The summed E-state index contributed by atoms with van der Waals surface area (Å²) < 4.78 is 0. The molecule has 1 aliphatic heterocycles. The number of halogens is 2. The number of nitrogens with zero attached hydrogens (tertiary/aromatic N) is 6. The van der Waals surface area contributed by atoms with Crippen molar-refractivity contribution in [3.8, 4) is 11.3 Å². The molecule has 2 aromatic carbocycles. The standard InChI is InChI=1S/C29H30Cl2N8O/c1-18-4-5-21(12-27(18)37-29-34-8-6-26(36-29)20-13-32-17-33-14-20)35-28(40)19-10-24(30)23(25(31)11-19)16-39-9-7-22(15-39)38(2)3/h4-6,8,10-14,17,22H,7,9,15-16H2,1-3H3,(H,35,40)(H,34,36,37)/t22-/m0/s1. The maximum Gasteiger partial charge on any atom is 0.255 e. The summed E-state index contributed by atoms with van der Waals surface area (Å²) in [6.07, 6.45) is 7.63. The van der Waals surface area contributed by atoms with Crippen LogP contribution in [0.5, 0.6) is 0 Å². The Kier molecular flexibility index (Phi) is 8.56. The summed E-state index contributed by atoms with van der Waals surface area (Å²) in [7, 11) is 4.20. The number of rotatable bonds is 8. The van der Waals surface area contributed by atoms with Gasteiger partial charge in [-0.05, 0) is 63.3 Å². The van der Waals surface area contributed by atoms with E-state index in [1.54, 1.807) is 36.8 Å². The fourth-order valence-corrected chi connectivity index (χ4v) is 5.26. The average Bonchev–Trinajstić information content (AvgIpc) is 3.42. The van der Waals surface area contributed by atoms with Crippen molar-refractivity contribution in [2.75, 3.05) is 37.8 Å². The smallest absolute Gasteiger partial charge is 0.255 e. The van der Waals surface area contributed by atoms with E-state index in [2.05, 4.69) is 54.5 Å². The molecule has 0 saturated carbocycles. The summed E-state index contributed by atoms with van der Waals surface area (Å²) in [6.45, 7) is 4.55. The Bertz CT molecular complexity index is 1490. The van der Waals surface area contributed by atoms with Gasteiger partial charge in [-0.1, -0.05) is 29.3 Å². The summed E-state index contributed by atoms with van der Waals surface area (Å²) in [4.78, 5) is 34.7. The lowest BCUT2D eigenvalue weighted by Gasteiger charge is -2.21. The van der Waals surface area contributed by atoms with Crippen molar-refractivity contribution in [3.05, 3.63) is 88.1 Å².